The topological polar surface area (TPSA) is 69.5 Å². The Hall–Kier alpha value is -2.13. The predicted octanol–water partition coefficient (Wildman–Crippen LogP) is 2.44. The van der Waals surface area contributed by atoms with Gasteiger partial charge in [0.1, 0.15) is 12.2 Å². The molecule has 1 aromatic rings. The number of nitrogens with zero attached hydrogens (tertiary/aromatic N) is 4. The van der Waals surface area contributed by atoms with Crippen molar-refractivity contribution in [1.82, 2.24) is 14.8 Å². The van der Waals surface area contributed by atoms with E-state index in [2.05, 4.69) is 29.8 Å². The molecule has 0 N–H and O–H groups in total. The molecule has 0 spiro atoms. The number of amides is 1. The Morgan fingerprint density at radius 2 is 1.88 bits per heavy atom. The van der Waals surface area contributed by atoms with Crippen LogP contribution in [0.15, 0.2) is 18.3 Å². The van der Waals surface area contributed by atoms with Gasteiger partial charge in [-0.25, -0.2) is 4.98 Å². The molecule has 0 atom stereocenters. The number of hydrogen-bond donors (Lipinski definition) is 0. The van der Waals surface area contributed by atoms with Gasteiger partial charge in [0.2, 0.25) is 11.8 Å². The maximum Gasteiger partial charge on any atom is 0.225 e. The molecule has 1 aromatic heterocycles. The van der Waals surface area contributed by atoms with Crippen LogP contribution in [0, 0.1) is 17.2 Å². The van der Waals surface area contributed by atoms with Gasteiger partial charge in [-0.1, -0.05) is 0 Å². The Morgan fingerprint density at radius 1 is 1.19 bits per heavy atom. The number of aromatic nitrogens is 1. The van der Waals surface area contributed by atoms with Crippen molar-refractivity contribution in [3.8, 4) is 11.9 Å². The number of carbonyl (C=O) groups excluding carboxylic acids is 1. The second-order valence-electron chi connectivity index (χ2n) is 7.54. The Bertz CT molecular complexity index is 637. The van der Waals surface area contributed by atoms with Crippen molar-refractivity contribution in [1.29, 1.82) is 5.26 Å². The maximum absolute atomic E-state index is 12.8. The smallest absolute Gasteiger partial charge is 0.225 e. The van der Waals surface area contributed by atoms with E-state index in [0.29, 0.717) is 23.4 Å². The first kappa shape index (κ1) is 18.7. The minimum absolute atomic E-state index is 0.109. The average molecular weight is 356 g/mol. The molecule has 0 bridgehead atoms. The summed E-state index contributed by atoms with van der Waals surface area (Å²) in [7, 11) is 0. The van der Waals surface area contributed by atoms with Crippen LogP contribution in [0.4, 0.5) is 0 Å². The first-order valence-electron chi connectivity index (χ1n) is 9.62. The second kappa shape index (κ2) is 8.50. The highest BCUT2D eigenvalue weighted by Crippen LogP contribution is 2.29. The molecule has 0 unspecified atom stereocenters. The average Bonchev–Trinajstić information content (AvgIpc) is 2.69. The molecule has 1 aliphatic carbocycles. The molecule has 140 valence electrons. The first-order chi connectivity index (χ1) is 12.6. The number of ether oxygens (including phenoxy) is 1. The lowest BCUT2D eigenvalue weighted by Crippen LogP contribution is -2.52. The van der Waals surface area contributed by atoms with E-state index < -0.39 is 0 Å². The molecule has 26 heavy (non-hydrogen) atoms. The molecule has 2 heterocycles. The summed E-state index contributed by atoms with van der Waals surface area (Å²) < 4.78 is 5.92. The highest BCUT2D eigenvalue weighted by molar-refractivity contribution is 5.79. The highest BCUT2D eigenvalue weighted by atomic mass is 16.5. The van der Waals surface area contributed by atoms with Gasteiger partial charge in [-0.05, 0) is 45.6 Å². The van der Waals surface area contributed by atoms with Crippen molar-refractivity contribution in [2.75, 3.05) is 26.2 Å². The van der Waals surface area contributed by atoms with E-state index in [0.717, 1.165) is 51.9 Å². The van der Waals surface area contributed by atoms with E-state index in [1.807, 2.05) is 4.90 Å². The van der Waals surface area contributed by atoms with Gasteiger partial charge in [0.15, 0.2) is 0 Å². The Kier molecular flexibility index (Phi) is 6.10. The zero-order valence-electron chi connectivity index (χ0n) is 15.7. The van der Waals surface area contributed by atoms with Gasteiger partial charge in [0.05, 0.1) is 5.56 Å². The quantitative estimate of drug-likeness (QED) is 0.829. The van der Waals surface area contributed by atoms with Crippen molar-refractivity contribution in [2.24, 2.45) is 5.92 Å². The monoisotopic (exact) mass is 356 g/mol. The summed E-state index contributed by atoms with van der Waals surface area (Å²) in [6.45, 7) is 8.08. The Morgan fingerprint density at radius 3 is 2.42 bits per heavy atom. The van der Waals surface area contributed by atoms with E-state index in [4.69, 9.17) is 10.00 Å². The summed E-state index contributed by atoms with van der Waals surface area (Å²) in [6.07, 6.45) is 5.15. The summed E-state index contributed by atoms with van der Waals surface area (Å²) in [4.78, 5) is 21.4. The number of hydrogen-bond acceptors (Lipinski definition) is 5. The highest BCUT2D eigenvalue weighted by Gasteiger charge is 2.32. The van der Waals surface area contributed by atoms with Crippen LogP contribution >= 0.6 is 0 Å². The van der Waals surface area contributed by atoms with Gasteiger partial charge in [0, 0.05) is 50.4 Å². The van der Waals surface area contributed by atoms with Crippen molar-refractivity contribution in [2.45, 2.75) is 51.7 Å². The second-order valence-corrected chi connectivity index (χ2v) is 7.54. The number of nitriles is 1. The fourth-order valence-electron chi connectivity index (χ4n) is 3.83. The van der Waals surface area contributed by atoms with Crippen LogP contribution in [-0.4, -0.2) is 59.0 Å². The molecule has 1 amide bonds. The van der Waals surface area contributed by atoms with Crippen LogP contribution in [0.25, 0.3) is 0 Å². The summed E-state index contributed by atoms with van der Waals surface area (Å²) in [5, 5.41) is 8.81. The lowest BCUT2D eigenvalue weighted by atomic mass is 9.86. The van der Waals surface area contributed by atoms with E-state index in [1.54, 1.807) is 12.1 Å². The first-order valence-corrected chi connectivity index (χ1v) is 9.62. The Balaban J connectivity index is 1.44. The molecular weight excluding hydrogens is 328 g/mol. The molecule has 2 aliphatic rings. The van der Waals surface area contributed by atoms with Crippen LogP contribution in [-0.2, 0) is 4.79 Å². The fraction of sp³-hybridized carbons (Fsp3) is 0.650. The minimum atomic E-state index is 0.109. The fourth-order valence-corrected chi connectivity index (χ4v) is 3.83. The molecule has 2 fully saturated rings. The summed E-state index contributed by atoms with van der Waals surface area (Å²) in [6, 6.07) is 6.06. The molecule has 1 saturated heterocycles. The SMILES string of the molecule is CC(C)N1CCN(C(=O)[C@H]2CC[C@H](Oc3ccc(C#N)cn3)CC2)CC1. The maximum atomic E-state index is 12.8. The van der Waals surface area contributed by atoms with Gasteiger partial charge in [-0.15, -0.1) is 0 Å². The van der Waals surface area contributed by atoms with E-state index in [1.165, 1.54) is 6.20 Å². The van der Waals surface area contributed by atoms with Crippen molar-refractivity contribution in [3.05, 3.63) is 23.9 Å². The van der Waals surface area contributed by atoms with Crippen molar-refractivity contribution in [3.63, 3.8) is 0 Å². The number of piperazine rings is 1. The Labute approximate surface area is 155 Å². The third-order valence-electron chi connectivity index (χ3n) is 5.53. The lowest BCUT2D eigenvalue weighted by Gasteiger charge is -2.39. The molecule has 3 rings (SSSR count). The van der Waals surface area contributed by atoms with E-state index in [-0.39, 0.29) is 12.0 Å². The zero-order valence-corrected chi connectivity index (χ0v) is 15.7. The van der Waals surface area contributed by atoms with Crippen LogP contribution in [0.5, 0.6) is 5.88 Å². The van der Waals surface area contributed by atoms with Crippen LogP contribution in [0.2, 0.25) is 0 Å². The molecule has 0 aromatic carbocycles. The van der Waals surface area contributed by atoms with Crippen LogP contribution in [0.1, 0.15) is 45.1 Å². The zero-order chi connectivity index (χ0) is 18.5. The minimum Gasteiger partial charge on any atom is -0.474 e. The normalized spacial score (nSPS) is 24.3. The molecule has 1 saturated carbocycles. The number of pyridine rings is 1. The standard InChI is InChI=1S/C20H28N4O2/c1-15(2)23-9-11-24(12-10-23)20(25)17-4-6-18(7-5-17)26-19-8-3-16(13-21)14-22-19/h3,8,14-15,17-18H,4-7,9-12H2,1-2H3/t17-,18-. The molecule has 6 nitrogen and oxygen atoms in total. The van der Waals surface area contributed by atoms with Gasteiger partial charge in [-0.2, -0.15) is 5.26 Å². The summed E-state index contributed by atoms with van der Waals surface area (Å²) in [5.74, 6) is 1.02. The van der Waals surface area contributed by atoms with E-state index in [9.17, 15) is 4.79 Å². The molecule has 1 aliphatic heterocycles. The lowest BCUT2D eigenvalue weighted by molar-refractivity contribution is -0.139. The predicted molar refractivity (Wildman–Crippen MR) is 98.6 cm³/mol. The third-order valence-corrected chi connectivity index (χ3v) is 5.53. The van der Waals surface area contributed by atoms with Gasteiger partial charge in [0.25, 0.3) is 0 Å². The molecular formula is C20H28N4O2. The third kappa shape index (κ3) is 4.53. The molecule has 0 radical (unpaired) electrons. The van der Waals surface area contributed by atoms with Crippen molar-refractivity contribution < 1.29 is 9.53 Å². The number of carbonyl (C=O) groups is 1. The van der Waals surface area contributed by atoms with Crippen molar-refractivity contribution >= 4 is 5.91 Å². The van der Waals surface area contributed by atoms with Gasteiger partial charge in [-0.3, -0.25) is 9.69 Å². The van der Waals surface area contributed by atoms with Gasteiger partial charge < -0.3 is 9.64 Å². The summed E-state index contributed by atoms with van der Waals surface area (Å²) in [5.41, 5.74) is 0.532. The van der Waals surface area contributed by atoms with Crippen LogP contribution < -0.4 is 4.74 Å². The van der Waals surface area contributed by atoms with Gasteiger partial charge >= 0.3 is 0 Å². The largest absolute Gasteiger partial charge is 0.474 e. The summed E-state index contributed by atoms with van der Waals surface area (Å²) >= 11 is 0. The number of rotatable bonds is 4. The molecule has 6 heteroatoms. The van der Waals surface area contributed by atoms with E-state index >= 15 is 0 Å². The van der Waals surface area contributed by atoms with Crippen LogP contribution in [0.3, 0.4) is 0 Å².